The first-order valence-corrected chi connectivity index (χ1v) is 14.4. The summed E-state index contributed by atoms with van der Waals surface area (Å²) in [5.41, 5.74) is -7.67. The highest BCUT2D eigenvalue weighted by Gasteiger charge is 2.74. The number of alkyl halides is 7. The van der Waals surface area contributed by atoms with Crippen LogP contribution in [-0.4, -0.2) is 57.4 Å². The number of sulfone groups is 1. The van der Waals surface area contributed by atoms with Crippen molar-refractivity contribution >= 4 is 15.7 Å². The van der Waals surface area contributed by atoms with Crippen molar-refractivity contribution in [3.8, 4) is 0 Å². The molecule has 222 valence electrons. The zero-order valence-electron chi connectivity index (χ0n) is 21.1. The molecule has 6 rings (SSSR count). The smallest absolute Gasteiger partial charge is 0.381 e. The van der Waals surface area contributed by atoms with E-state index in [4.69, 9.17) is 4.74 Å². The number of carbonyl (C=O) groups is 1. The summed E-state index contributed by atoms with van der Waals surface area (Å²) < 4.78 is 142. The number of rotatable bonds is 4. The number of amides is 1. The van der Waals surface area contributed by atoms with Crippen molar-refractivity contribution in [2.24, 2.45) is 17.8 Å². The monoisotopic (exact) mass is 609 g/mol. The second-order valence-electron chi connectivity index (χ2n) is 11.1. The van der Waals surface area contributed by atoms with E-state index in [1.165, 1.54) is 4.90 Å². The second-order valence-corrected chi connectivity index (χ2v) is 13.3. The summed E-state index contributed by atoms with van der Waals surface area (Å²) in [6.45, 7) is 0.765. The number of carbonyl (C=O) groups excluding carboxylic acids is 1. The van der Waals surface area contributed by atoms with Gasteiger partial charge in [0, 0.05) is 18.0 Å². The van der Waals surface area contributed by atoms with Crippen molar-refractivity contribution in [3.63, 3.8) is 0 Å². The molecule has 0 aromatic heterocycles. The van der Waals surface area contributed by atoms with Crippen LogP contribution in [0.5, 0.6) is 0 Å². The summed E-state index contributed by atoms with van der Waals surface area (Å²) in [5, 5.41) is 0. The first-order valence-electron chi connectivity index (χ1n) is 12.9. The minimum atomic E-state index is -6.34. The van der Waals surface area contributed by atoms with Gasteiger partial charge in [0.1, 0.15) is 10.6 Å². The number of hydrogen-bond donors (Lipinski definition) is 0. The van der Waals surface area contributed by atoms with Crippen molar-refractivity contribution in [1.82, 2.24) is 4.90 Å². The highest BCUT2D eigenvalue weighted by atomic mass is 32.2. The summed E-state index contributed by atoms with van der Waals surface area (Å²) in [6, 6.07) is 4.43. The van der Waals surface area contributed by atoms with Gasteiger partial charge in [0.2, 0.25) is 5.91 Å². The Balaban J connectivity index is 1.49. The van der Waals surface area contributed by atoms with Crippen LogP contribution in [0.3, 0.4) is 0 Å². The predicted molar refractivity (Wildman–Crippen MR) is 126 cm³/mol. The zero-order chi connectivity index (χ0) is 29.8. The minimum absolute atomic E-state index is 0.00653. The van der Waals surface area contributed by atoms with Crippen LogP contribution < -0.4 is 0 Å². The van der Waals surface area contributed by atoms with Crippen molar-refractivity contribution < 1.29 is 53.1 Å². The Bertz CT molecular complexity index is 1480. The van der Waals surface area contributed by atoms with E-state index in [0.29, 0.717) is 25.3 Å². The molecule has 5 nitrogen and oxygen atoms in total. The highest BCUT2D eigenvalue weighted by molar-refractivity contribution is 7.92. The van der Waals surface area contributed by atoms with Gasteiger partial charge in [0.25, 0.3) is 0 Å². The zero-order valence-corrected chi connectivity index (χ0v) is 21.9. The fourth-order valence-electron chi connectivity index (χ4n) is 7.12. The number of fused-ring (bicyclic) bond motifs is 4. The normalized spacial score (nSPS) is 29.6. The van der Waals surface area contributed by atoms with Gasteiger partial charge in [-0.2, -0.15) is 26.3 Å². The van der Waals surface area contributed by atoms with Crippen LogP contribution >= 0.6 is 0 Å². The first kappa shape index (κ1) is 28.4. The Labute approximate surface area is 229 Å². The first-order chi connectivity index (χ1) is 19.1. The molecule has 2 aromatic carbocycles. The van der Waals surface area contributed by atoms with Crippen LogP contribution in [0.1, 0.15) is 29.5 Å². The number of benzene rings is 2. The molecule has 2 aliphatic heterocycles. The second kappa shape index (κ2) is 8.88. The van der Waals surface area contributed by atoms with Crippen LogP contribution in [0.4, 0.5) is 35.1 Å². The van der Waals surface area contributed by atoms with E-state index in [2.05, 4.69) is 0 Å². The van der Waals surface area contributed by atoms with Gasteiger partial charge in [-0.1, -0.05) is 18.2 Å². The van der Waals surface area contributed by atoms with Crippen LogP contribution in [0.2, 0.25) is 0 Å². The number of ether oxygens (including phenoxy) is 1. The van der Waals surface area contributed by atoms with Crippen LogP contribution in [0.25, 0.3) is 0 Å². The van der Waals surface area contributed by atoms with E-state index in [-0.39, 0.29) is 65.5 Å². The van der Waals surface area contributed by atoms with Gasteiger partial charge < -0.3 is 9.64 Å². The third-order valence-electron chi connectivity index (χ3n) is 9.19. The lowest BCUT2D eigenvalue weighted by Crippen LogP contribution is -2.53. The van der Waals surface area contributed by atoms with Crippen molar-refractivity contribution in [1.29, 1.82) is 0 Å². The molecule has 41 heavy (non-hydrogen) atoms. The van der Waals surface area contributed by atoms with Crippen LogP contribution in [-0.2, 0) is 36.2 Å². The van der Waals surface area contributed by atoms with Crippen LogP contribution in [0.15, 0.2) is 47.4 Å². The van der Waals surface area contributed by atoms with Gasteiger partial charge in [-0.3, -0.25) is 4.79 Å². The summed E-state index contributed by atoms with van der Waals surface area (Å²) in [6.07, 6.45) is -13.2. The lowest BCUT2D eigenvalue weighted by atomic mass is 9.76. The standard InChI is InChI=1S/C27H23F8NO4S/c28-16-3-5-17(6-4-16)41(38,39)24-9-10-36(23(37)22-18-12-40-13-19(18)22)21(24)8-1-14-11-15(2-7-20(14)24)25(29,26(30,31)32)27(33,34)35/h2-7,11,18-19,21-22H,1,8-10,12-13H2/t18-,19+,21-,22-,24-/m1/s1. The van der Waals surface area contributed by atoms with Gasteiger partial charge in [0.15, 0.2) is 9.84 Å². The Morgan fingerprint density at radius 1 is 0.927 bits per heavy atom. The predicted octanol–water partition coefficient (Wildman–Crippen LogP) is 5.22. The van der Waals surface area contributed by atoms with E-state index < -0.39 is 50.0 Å². The molecule has 0 unspecified atom stereocenters. The highest BCUT2D eigenvalue weighted by Crippen LogP contribution is 2.58. The molecule has 0 radical (unpaired) electrons. The number of likely N-dealkylation sites (tertiary alicyclic amines) is 1. The molecule has 1 amide bonds. The number of hydrogen-bond acceptors (Lipinski definition) is 4. The quantitative estimate of drug-likeness (QED) is 0.352. The Kier molecular flexibility index (Phi) is 6.15. The molecular weight excluding hydrogens is 586 g/mol. The summed E-state index contributed by atoms with van der Waals surface area (Å²) >= 11 is 0. The fraction of sp³-hybridized carbons (Fsp3) is 0.519. The third kappa shape index (κ3) is 3.81. The number of halogens is 8. The Hall–Kier alpha value is -2.74. The maximum atomic E-state index is 14.9. The molecular formula is C27H23F8NO4S. The van der Waals surface area contributed by atoms with E-state index in [9.17, 15) is 48.3 Å². The molecule has 0 bridgehead atoms. The van der Waals surface area contributed by atoms with E-state index in [1.807, 2.05) is 0 Å². The summed E-state index contributed by atoms with van der Waals surface area (Å²) in [4.78, 5) is 14.7. The molecule has 5 atom stereocenters. The molecule has 2 aromatic rings. The van der Waals surface area contributed by atoms with E-state index in [1.54, 1.807) is 0 Å². The van der Waals surface area contributed by atoms with Gasteiger partial charge in [-0.15, -0.1) is 0 Å². The van der Waals surface area contributed by atoms with Crippen LogP contribution in [0, 0.1) is 23.6 Å². The average Bonchev–Trinajstić information content (AvgIpc) is 3.21. The molecule has 14 heteroatoms. The maximum absolute atomic E-state index is 14.9. The lowest BCUT2D eigenvalue weighted by Gasteiger charge is -2.43. The van der Waals surface area contributed by atoms with E-state index in [0.717, 1.165) is 30.3 Å². The Morgan fingerprint density at radius 2 is 1.54 bits per heavy atom. The summed E-state index contributed by atoms with van der Waals surface area (Å²) in [7, 11) is -4.51. The number of nitrogens with zero attached hydrogens (tertiary/aromatic N) is 1. The summed E-state index contributed by atoms with van der Waals surface area (Å²) in [5.74, 6) is -1.35. The molecule has 1 saturated carbocycles. The van der Waals surface area contributed by atoms with Gasteiger partial charge in [0.05, 0.1) is 24.2 Å². The number of aryl methyl sites for hydroxylation is 1. The average molecular weight is 610 g/mol. The van der Waals surface area contributed by atoms with Crippen molar-refractivity contribution in [2.45, 2.75) is 53.0 Å². The topological polar surface area (TPSA) is 63.7 Å². The maximum Gasteiger partial charge on any atom is 0.435 e. The van der Waals surface area contributed by atoms with Gasteiger partial charge in [-0.05, 0) is 66.5 Å². The molecule has 3 fully saturated rings. The molecule has 2 aliphatic carbocycles. The lowest BCUT2D eigenvalue weighted by molar-refractivity contribution is -0.348. The largest absolute Gasteiger partial charge is 0.435 e. The van der Waals surface area contributed by atoms with Crippen molar-refractivity contribution in [2.75, 3.05) is 19.8 Å². The third-order valence-corrected chi connectivity index (χ3v) is 11.7. The molecule has 0 spiro atoms. The van der Waals surface area contributed by atoms with Gasteiger partial charge in [-0.25, -0.2) is 17.2 Å². The minimum Gasteiger partial charge on any atom is -0.381 e. The fourth-order valence-corrected chi connectivity index (χ4v) is 9.48. The Morgan fingerprint density at radius 3 is 2.12 bits per heavy atom. The van der Waals surface area contributed by atoms with E-state index >= 15 is 0 Å². The molecule has 4 aliphatic rings. The molecule has 2 saturated heterocycles. The van der Waals surface area contributed by atoms with Gasteiger partial charge >= 0.3 is 18.0 Å². The SMILES string of the molecule is O=C([C@@H]1[C@@H]2COC[C@@H]21)N1CC[C@@]2(S(=O)(=O)c3ccc(F)cc3)c3ccc(C(F)(C(F)(F)F)C(F)(F)F)cc3CC[C@@H]12. The molecule has 0 N–H and O–H groups in total. The van der Waals surface area contributed by atoms with Crippen molar-refractivity contribution in [3.05, 3.63) is 65.0 Å². The molecule has 2 heterocycles.